The Bertz CT molecular complexity index is 2110. The highest BCUT2D eigenvalue weighted by Gasteiger charge is 2.22. The zero-order valence-corrected chi connectivity index (χ0v) is 32.0. The maximum absolute atomic E-state index is 14.8. The minimum Gasteiger partial charge on any atom is -0.493 e. The van der Waals surface area contributed by atoms with E-state index in [9.17, 15) is 48.3 Å². The topological polar surface area (TPSA) is 54.6 Å². The molecule has 0 aliphatic carbocycles. The maximum Gasteiger partial charge on any atom is 0.301 e. The third-order valence-electron chi connectivity index (χ3n) is 8.90. The lowest BCUT2D eigenvalue weighted by atomic mass is 9.93. The van der Waals surface area contributed by atoms with Gasteiger partial charge in [-0.05, 0) is 85.1 Å². The third kappa shape index (κ3) is 12.5. The van der Waals surface area contributed by atoms with Crippen LogP contribution in [-0.2, 0) is 0 Å². The molecule has 0 saturated heterocycles. The number of allylic oxidation sites excluding steroid dienone is 1. The molecule has 1 unspecified atom stereocenters. The summed E-state index contributed by atoms with van der Waals surface area (Å²) in [5.41, 5.74) is -2.91. The van der Waals surface area contributed by atoms with Crippen molar-refractivity contribution in [3.63, 3.8) is 0 Å². The number of thioether (sulfide) groups is 1. The molecule has 0 bridgehead atoms. The summed E-state index contributed by atoms with van der Waals surface area (Å²) in [6, 6.07) is 6.33. The van der Waals surface area contributed by atoms with Gasteiger partial charge in [0.1, 0.15) is 57.5 Å². The van der Waals surface area contributed by atoms with Gasteiger partial charge in [-0.1, -0.05) is 38.5 Å². The normalized spacial score (nSPS) is 11.5. The smallest absolute Gasteiger partial charge is 0.301 e. The van der Waals surface area contributed by atoms with E-state index in [0.29, 0.717) is 63.5 Å². The van der Waals surface area contributed by atoms with Crippen LogP contribution in [0.1, 0.15) is 64.2 Å². The quantitative estimate of drug-likeness (QED) is 0.0209. The van der Waals surface area contributed by atoms with Crippen LogP contribution in [0.2, 0.25) is 0 Å². The molecule has 4 aromatic carbocycles. The summed E-state index contributed by atoms with van der Waals surface area (Å²) in [5, 5.41) is 12.0. The predicted molar refractivity (Wildman–Crippen MR) is 201 cm³/mol. The van der Waals surface area contributed by atoms with E-state index >= 15 is 0 Å². The van der Waals surface area contributed by atoms with Crippen molar-refractivity contribution >= 4 is 34.8 Å². The summed E-state index contributed by atoms with van der Waals surface area (Å²) in [6.45, 7) is 0.0860. The number of ether oxygens (including phenoxy) is 2. The predicted octanol–water partition coefficient (Wildman–Crippen LogP) is 14.5. The van der Waals surface area contributed by atoms with Crippen LogP contribution in [0.15, 0.2) is 70.3 Å². The largest absolute Gasteiger partial charge is 0.493 e. The van der Waals surface area contributed by atoms with Gasteiger partial charge in [0.2, 0.25) is 0 Å². The van der Waals surface area contributed by atoms with Crippen molar-refractivity contribution in [2.24, 2.45) is 10.9 Å². The first-order valence-electron chi connectivity index (χ1n) is 17.8. The highest BCUT2D eigenvalue weighted by Crippen LogP contribution is 2.36. The number of isothiocyanates is 1. The van der Waals surface area contributed by atoms with E-state index in [4.69, 9.17) is 14.7 Å². The summed E-state index contributed by atoms with van der Waals surface area (Å²) < 4.78 is 167. The number of benzene rings is 4. The Labute approximate surface area is 336 Å². The molecule has 4 aromatic rings. The average molecular weight is 859 g/mol. The Morgan fingerprint density at radius 3 is 1.36 bits per heavy atom. The number of thiocarbonyl (C=S) groups is 1. The first-order chi connectivity index (χ1) is 27.7. The van der Waals surface area contributed by atoms with Gasteiger partial charge in [-0.25, -0.2) is 39.5 Å². The molecule has 0 aromatic heterocycles. The Morgan fingerprint density at radius 1 is 0.586 bits per heavy atom. The molecule has 0 spiro atoms. The van der Waals surface area contributed by atoms with Crippen molar-refractivity contribution in [2.75, 3.05) is 13.2 Å². The van der Waals surface area contributed by atoms with Crippen molar-refractivity contribution in [3.05, 3.63) is 107 Å². The molecule has 0 N–H and O–H groups in total. The second-order valence-electron chi connectivity index (χ2n) is 12.9. The first-order valence-corrected chi connectivity index (χ1v) is 19.0. The zero-order valence-electron chi connectivity index (χ0n) is 30.4. The number of hydrogen-bond donors (Lipinski definition) is 0. The van der Waals surface area contributed by atoms with Crippen molar-refractivity contribution in [1.29, 1.82) is 5.26 Å². The highest BCUT2D eigenvalue weighted by atomic mass is 32.2. The van der Waals surface area contributed by atoms with Crippen LogP contribution in [0, 0.1) is 63.1 Å². The Morgan fingerprint density at radius 2 is 0.983 bits per heavy atom. The number of hydrogen-bond acceptors (Lipinski definition) is 6. The van der Waals surface area contributed by atoms with Crippen LogP contribution >= 0.6 is 24.0 Å². The number of unbranched alkanes of at least 4 members (excludes halogenated alkanes) is 6. The number of rotatable bonds is 21. The summed E-state index contributed by atoms with van der Waals surface area (Å²) in [5.74, 6) is -12.0. The minimum atomic E-state index is -2.39. The first kappa shape index (κ1) is 45.8. The SMILES string of the molecule is N#CSc1c(F)cc(-c2c(F)cc(OCCCCCCC(CCCCCCOc3cc(F)c(-c4cc(F)c(N=C=S)c(F)c4)c(F)c3)C(F)=C(F)F)cc2F)cc1F. The fourth-order valence-corrected chi connectivity index (χ4v) is 6.65. The summed E-state index contributed by atoms with van der Waals surface area (Å²) in [7, 11) is 0. The summed E-state index contributed by atoms with van der Waals surface area (Å²) in [6.07, 6.45) is 1.73. The van der Waals surface area contributed by atoms with Crippen molar-refractivity contribution in [2.45, 2.75) is 69.1 Å². The van der Waals surface area contributed by atoms with E-state index in [-0.39, 0.29) is 49.3 Å². The fourth-order valence-electron chi connectivity index (χ4n) is 6.15. The van der Waals surface area contributed by atoms with Gasteiger partial charge >= 0.3 is 6.08 Å². The molecule has 17 heteroatoms. The molecule has 1 atom stereocenters. The number of thiocyanates is 1. The molecule has 58 heavy (non-hydrogen) atoms. The van der Waals surface area contributed by atoms with E-state index in [0.717, 1.165) is 36.4 Å². The van der Waals surface area contributed by atoms with E-state index in [1.807, 2.05) is 5.16 Å². The summed E-state index contributed by atoms with van der Waals surface area (Å²) in [4.78, 5) is 2.66. The van der Waals surface area contributed by atoms with Crippen molar-refractivity contribution < 1.29 is 57.8 Å². The molecule has 308 valence electrons. The van der Waals surface area contributed by atoms with Gasteiger partial charge in [0, 0.05) is 30.2 Å². The summed E-state index contributed by atoms with van der Waals surface area (Å²) >= 11 is 4.57. The number of nitriles is 1. The van der Waals surface area contributed by atoms with Gasteiger partial charge in [0.05, 0.1) is 34.4 Å². The molecule has 4 rings (SSSR count). The minimum absolute atomic E-state index is 0.0417. The van der Waals surface area contributed by atoms with E-state index < -0.39 is 97.2 Å². The van der Waals surface area contributed by atoms with Crippen molar-refractivity contribution in [1.82, 2.24) is 0 Å². The van der Waals surface area contributed by atoms with Crippen LogP contribution in [0.25, 0.3) is 22.3 Å². The van der Waals surface area contributed by atoms with Crippen LogP contribution < -0.4 is 9.47 Å². The Balaban J connectivity index is 1.16. The standard InChI is InChI=1S/C41H33F11N2O2S2/c42-28-17-26(18-29(43)36(28)24-13-32(46)39(54-22-57)33(47)14-24)55-11-7-3-1-5-9-23(38(50)41(51)52)10-6-2-4-8-12-56-27-19-30(44)37(31(45)20-27)25-15-34(48)40(58-21-53)35(49)16-25/h13-20,23H,1-12H2. The molecule has 0 aliphatic heterocycles. The molecule has 0 saturated carbocycles. The van der Waals surface area contributed by atoms with Gasteiger partial charge in [-0.3, -0.25) is 0 Å². The van der Waals surface area contributed by atoms with Gasteiger partial charge in [-0.2, -0.15) is 19.0 Å². The highest BCUT2D eigenvalue weighted by molar-refractivity contribution is 8.03. The molecule has 0 radical (unpaired) electrons. The molecule has 0 heterocycles. The van der Waals surface area contributed by atoms with Gasteiger partial charge < -0.3 is 9.47 Å². The Hall–Kier alpha value is -4.91. The molecule has 0 aliphatic rings. The van der Waals surface area contributed by atoms with Crippen LogP contribution in [-0.4, -0.2) is 18.4 Å². The Kier molecular flexibility index (Phi) is 17.6. The molecule has 4 nitrogen and oxygen atoms in total. The van der Waals surface area contributed by atoms with E-state index in [2.05, 4.69) is 17.2 Å². The monoisotopic (exact) mass is 858 g/mol. The third-order valence-corrected chi connectivity index (χ3v) is 9.68. The fraction of sp³-hybridized carbons (Fsp3) is 0.317. The van der Waals surface area contributed by atoms with Crippen molar-refractivity contribution in [3.8, 4) is 39.2 Å². The molecule has 0 fully saturated rings. The van der Waals surface area contributed by atoms with E-state index in [1.54, 1.807) is 0 Å². The zero-order chi connectivity index (χ0) is 42.4. The van der Waals surface area contributed by atoms with Gasteiger partial charge in [0.25, 0.3) is 0 Å². The van der Waals surface area contributed by atoms with Gasteiger partial charge in [-0.15, -0.1) is 0 Å². The number of halogens is 11. The lowest BCUT2D eigenvalue weighted by Gasteiger charge is -2.15. The van der Waals surface area contributed by atoms with E-state index in [1.165, 1.54) is 5.40 Å². The lowest BCUT2D eigenvalue weighted by Crippen LogP contribution is -2.04. The lowest BCUT2D eigenvalue weighted by molar-refractivity contribution is 0.292. The molecule has 0 amide bonds. The maximum atomic E-state index is 14.8. The average Bonchev–Trinajstić information content (AvgIpc) is 3.15. The second-order valence-corrected chi connectivity index (χ2v) is 13.9. The van der Waals surface area contributed by atoms with Gasteiger partial charge in [0.15, 0.2) is 17.5 Å². The molecular formula is C41H33F11N2O2S2. The van der Waals surface area contributed by atoms with Crippen LogP contribution in [0.4, 0.5) is 54.0 Å². The van der Waals surface area contributed by atoms with Crippen LogP contribution in [0.3, 0.4) is 0 Å². The number of aliphatic imine (C=N–C) groups is 1. The van der Waals surface area contributed by atoms with Crippen LogP contribution in [0.5, 0.6) is 11.5 Å². The molecular weight excluding hydrogens is 826 g/mol. The number of nitrogens with zero attached hydrogens (tertiary/aromatic N) is 2. The second kappa shape index (κ2) is 22.3.